The zero-order valence-electron chi connectivity index (χ0n) is 45.1. The molecule has 1 fully saturated rings. The summed E-state index contributed by atoms with van der Waals surface area (Å²) in [7, 11) is 0. The number of benzene rings is 9. The quantitative estimate of drug-likeness (QED) is 0.0577. The third-order valence-corrected chi connectivity index (χ3v) is 14.2. The third-order valence-electron chi connectivity index (χ3n) is 14.2. The van der Waals surface area contributed by atoms with Crippen molar-refractivity contribution in [3.8, 4) is 28.7 Å². The summed E-state index contributed by atoms with van der Waals surface area (Å²) >= 11 is 0. The van der Waals surface area contributed by atoms with E-state index in [0.717, 1.165) is 38.9 Å². The van der Waals surface area contributed by atoms with Gasteiger partial charge in [-0.25, -0.2) is 0 Å². The number of Topliss-reactive ketones (excluding diaryl/α,β-unsaturated/α-hetero) is 1. The number of hydrogen-bond acceptors (Lipinski definition) is 11. The molecule has 0 unspecified atom stereocenters. The van der Waals surface area contributed by atoms with Crippen LogP contribution in [0, 0.1) is 0 Å². The predicted octanol–water partition coefficient (Wildman–Crippen LogP) is 14.2. The van der Waals surface area contributed by atoms with Crippen LogP contribution in [0.2, 0.25) is 0 Å². The minimum Gasteiger partial charge on any atom is -0.489 e. The molecule has 9 aromatic carbocycles. The average Bonchev–Trinajstić information content (AvgIpc) is 3.61. The third kappa shape index (κ3) is 14.3. The summed E-state index contributed by atoms with van der Waals surface area (Å²) in [5, 5.41) is 0. The highest BCUT2D eigenvalue weighted by Crippen LogP contribution is 2.46. The summed E-state index contributed by atoms with van der Waals surface area (Å²) < 4.78 is 68.4. The van der Waals surface area contributed by atoms with Crippen LogP contribution >= 0.6 is 0 Å². The summed E-state index contributed by atoms with van der Waals surface area (Å²) in [6.45, 7) is 3.60. The van der Waals surface area contributed by atoms with Crippen molar-refractivity contribution in [1.29, 1.82) is 0 Å². The number of ether oxygens (including phenoxy) is 10. The first-order valence-corrected chi connectivity index (χ1v) is 27.4. The average molecular weight is 1080 g/mol. The molecule has 81 heavy (non-hydrogen) atoms. The molecule has 0 aromatic heterocycles. The van der Waals surface area contributed by atoms with Crippen molar-refractivity contribution in [2.75, 3.05) is 0 Å². The summed E-state index contributed by atoms with van der Waals surface area (Å²) in [5.41, 5.74) is 7.45. The Hall–Kier alpha value is -8.55. The first-order valence-electron chi connectivity index (χ1n) is 27.4. The molecule has 11 nitrogen and oxygen atoms in total. The van der Waals surface area contributed by atoms with Crippen LogP contribution < -0.4 is 23.7 Å². The highest BCUT2D eigenvalue weighted by Gasteiger charge is 2.51. The second kappa shape index (κ2) is 27.1. The highest BCUT2D eigenvalue weighted by molar-refractivity contribution is 6.06. The molecule has 9 aromatic rings. The van der Waals surface area contributed by atoms with Crippen LogP contribution in [-0.4, -0.2) is 42.6 Å². The van der Waals surface area contributed by atoms with Gasteiger partial charge in [-0.2, -0.15) is 0 Å². The van der Waals surface area contributed by atoms with Gasteiger partial charge in [0.25, 0.3) is 0 Å². The van der Waals surface area contributed by atoms with E-state index < -0.39 is 48.7 Å². The van der Waals surface area contributed by atoms with Crippen LogP contribution in [0.15, 0.2) is 243 Å². The van der Waals surface area contributed by atoms with Gasteiger partial charge in [-0.15, -0.1) is 0 Å². The Morgan fingerprint density at radius 3 is 1.25 bits per heavy atom. The lowest BCUT2D eigenvalue weighted by atomic mass is 9.91. The van der Waals surface area contributed by atoms with E-state index in [1.54, 1.807) is 12.1 Å². The second-order valence-electron chi connectivity index (χ2n) is 20.1. The maximum absolute atomic E-state index is 16.1. The minimum atomic E-state index is -1.36. The summed E-state index contributed by atoms with van der Waals surface area (Å²) in [6, 6.07) is 78.4. The maximum Gasteiger partial charge on any atom is 0.203 e. The number of hydrogen-bond donors (Lipinski definition) is 0. The Morgan fingerprint density at radius 1 is 0.383 bits per heavy atom. The first-order chi connectivity index (χ1) is 40.0. The van der Waals surface area contributed by atoms with E-state index in [4.69, 9.17) is 47.4 Å². The van der Waals surface area contributed by atoms with Gasteiger partial charge in [-0.3, -0.25) is 4.79 Å². The maximum atomic E-state index is 16.1. The standard InChI is InChI=1S/C70H64O11/c1-49-65(76-46-54-31-17-6-18-32-54)68(77-47-55-33-19-7-20-34-55)69(78-48-56-35-21-8-22-36-56)70(79-49)81-67-64(71)63-61(75-45-53-29-15-5-16-30-53)40-58(72-42-50-23-9-2-10-24-50)41-62(63)80-66(67)57-37-38-59(73-43-51-25-11-3-12-26-51)60(39-57)74-44-52-27-13-4-14-28-52/h2-41,49,65-70H,42-48H2,1H3/t49-,65-,66+,67-,68+,69+,70-/m0/s1. The van der Waals surface area contributed by atoms with Gasteiger partial charge in [0.2, 0.25) is 5.78 Å². The largest absolute Gasteiger partial charge is 0.489 e. The van der Waals surface area contributed by atoms with Gasteiger partial charge in [0.1, 0.15) is 67.6 Å². The molecule has 2 heterocycles. The SMILES string of the molecule is C[C@@H]1O[C@@H](O[C@H]2C(=O)c3c(OCc4ccccc4)cc(OCc4ccccc4)cc3O[C@@H]2c2ccc(OCc3ccccc3)c(OCc3ccccc3)c2)[C@H](OCc2ccccc2)[C@H](OCc2ccccc2)[C@H]1OCc1ccccc1. The number of fused-ring (bicyclic) bond motifs is 1. The zero-order chi connectivity index (χ0) is 55.0. The van der Waals surface area contributed by atoms with Crippen molar-refractivity contribution in [2.24, 2.45) is 0 Å². The number of carbonyl (C=O) groups is 1. The van der Waals surface area contributed by atoms with Crippen molar-refractivity contribution in [3.63, 3.8) is 0 Å². The lowest BCUT2D eigenvalue weighted by Gasteiger charge is -2.46. The lowest BCUT2D eigenvalue weighted by Crippen LogP contribution is -2.61. The van der Waals surface area contributed by atoms with Crippen LogP contribution in [0.25, 0.3) is 0 Å². The Balaban J connectivity index is 1.00. The molecular weight excluding hydrogens is 1020 g/mol. The molecule has 0 amide bonds. The summed E-state index contributed by atoms with van der Waals surface area (Å²) in [6.07, 6.45) is -6.61. The number of carbonyl (C=O) groups excluding carboxylic acids is 1. The Labute approximate surface area is 473 Å². The van der Waals surface area contributed by atoms with Crippen molar-refractivity contribution < 1.29 is 52.2 Å². The smallest absolute Gasteiger partial charge is 0.203 e. The topological polar surface area (TPSA) is 109 Å². The molecule has 1 saturated heterocycles. The van der Waals surface area contributed by atoms with E-state index >= 15 is 4.79 Å². The van der Waals surface area contributed by atoms with E-state index in [-0.39, 0.29) is 56.7 Å². The monoisotopic (exact) mass is 1080 g/mol. The highest BCUT2D eigenvalue weighted by atomic mass is 16.7. The number of ketones is 1. The zero-order valence-corrected chi connectivity index (χ0v) is 45.1. The normalized spacial score (nSPS) is 19.4. The van der Waals surface area contributed by atoms with E-state index in [1.165, 1.54) is 0 Å². The Kier molecular flexibility index (Phi) is 18.2. The Morgan fingerprint density at radius 2 is 0.778 bits per heavy atom. The van der Waals surface area contributed by atoms with Crippen LogP contribution in [0.4, 0.5) is 0 Å². The molecule has 0 bridgehead atoms. The molecule has 2 aliphatic heterocycles. The van der Waals surface area contributed by atoms with Gasteiger partial charge in [-0.05, 0) is 63.6 Å². The van der Waals surface area contributed by atoms with Crippen LogP contribution in [0.1, 0.15) is 67.9 Å². The van der Waals surface area contributed by atoms with E-state index in [1.807, 2.05) is 237 Å². The fraction of sp³-hybridized carbons (Fsp3) is 0.214. The molecule has 2 aliphatic rings. The molecule has 7 atom stereocenters. The first kappa shape index (κ1) is 54.4. The molecule has 410 valence electrons. The van der Waals surface area contributed by atoms with E-state index in [0.29, 0.717) is 29.4 Å². The van der Waals surface area contributed by atoms with Crippen LogP contribution in [0.5, 0.6) is 28.7 Å². The molecule has 0 N–H and O–H groups in total. The molecule has 0 radical (unpaired) electrons. The van der Waals surface area contributed by atoms with Crippen molar-refractivity contribution >= 4 is 5.78 Å². The molecule has 0 spiro atoms. The molecular formula is C70H64O11. The predicted molar refractivity (Wildman–Crippen MR) is 308 cm³/mol. The van der Waals surface area contributed by atoms with Crippen molar-refractivity contribution in [2.45, 2.75) is 96.1 Å². The van der Waals surface area contributed by atoms with E-state index in [9.17, 15) is 0 Å². The van der Waals surface area contributed by atoms with Gasteiger partial charge in [0, 0.05) is 12.1 Å². The molecule has 0 aliphatic carbocycles. The summed E-state index contributed by atoms with van der Waals surface area (Å²) in [5.74, 6) is 1.51. The fourth-order valence-corrected chi connectivity index (χ4v) is 9.96. The van der Waals surface area contributed by atoms with Gasteiger partial charge in [0.05, 0.1) is 25.9 Å². The fourth-order valence-electron chi connectivity index (χ4n) is 9.96. The van der Waals surface area contributed by atoms with Gasteiger partial charge in [0.15, 0.2) is 30.0 Å². The Bertz CT molecular complexity index is 3370. The van der Waals surface area contributed by atoms with Gasteiger partial charge < -0.3 is 47.4 Å². The van der Waals surface area contributed by atoms with Crippen molar-refractivity contribution in [1.82, 2.24) is 0 Å². The van der Waals surface area contributed by atoms with Crippen LogP contribution in [0.3, 0.4) is 0 Å². The summed E-state index contributed by atoms with van der Waals surface area (Å²) in [4.78, 5) is 16.1. The minimum absolute atomic E-state index is 0.160. The molecule has 0 saturated carbocycles. The second-order valence-corrected chi connectivity index (χ2v) is 20.1. The van der Waals surface area contributed by atoms with Gasteiger partial charge >= 0.3 is 0 Å². The molecule has 11 rings (SSSR count). The molecule has 11 heteroatoms. The van der Waals surface area contributed by atoms with Crippen LogP contribution in [-0.2, 0) is 69.9 Å². The van der Waals surface area contributed by atoms with Crippen molar-refractivity contribution in [3.05, 3.63) is 293 Å². The lowest BCUT2D eigenvalue weighted by molar-refractivity contribution is -0.328. The van der Waals surface area contributed by atoms with E-state index in [2.05, 4.69) is 0 Å². The van der Waals surface area contributed by atoms with Gasteiger partial charge in [-0.1, -0.05) is 218 Å². The number of rotatable bonds is 24.